The third-order valence-corrected chi connectivity index (χ3v) is 4.08. The van der Waals surface area contributed by atoms with E-state index in [-0.39, 0.29) is 5.91 Å². The van der Waals surface area contributed by atoms with Crippen molar-refractivity contribution >= 4 is 17.6 Å². The van der Waals surface area contributed by atoms with E-state index >= 15 is 0 Å². The Morgan fingerprint density at radius 1 is 1.08 bits per heavy atom. The molecule has 6 nitrogen and oxygen atoms in total. The van der Waals surface area contributed by atoms with Crippen molar-refractivity contribution in [3.8, 4) is 0 Å². The lowest BCUT2D eigenvalue weighted by Crippen LogP contribution is -2.45. The highest BCUT2D eigenvalue weighted by molar-refractivity contribution is 5.86. The predicted octanol–water partition coefficient (Wildman–Crippen LogP) is 1.89. The van der Waals surface area contributed by atoms with Gasteiger partial charge in [-0.25, -0.2) is 0 Å². The molecule has 140 valence electrons. The number of anilines is 1. The molecule has 25 heavy (non-hydrogen) atoms. The summed E-state index contributed by atoms with van der Waals surface area (Å²) in [6.45, 7) is 10.1. The normalized spacial score (nSPS) is 11.2. The number of amides is 1. The molecule has 0 heterocycles. The number of rotatable bonds is 9. The molecule has 1 aromatic rings. The second-order valence-corrected chi connectivity index (χ2v) is 5.91. The molecule has 0 radical (unpaired) electrons. The first-order valence-electron chi connectivity index (χ1n) is 9.06. The third-order valence-electron chi connectivity index (χ3n) is 4.08. The number of para-hydroxylation sites is 1. The smallest absolute Gasteiger partial charge is 0.242 e. The van der Waals surface area contributed by atoms with Crippen LogP contribution in [-0.2, 0) is 4.79 Å². The Labute approximate surface area is 152 Å². The Morgan fingerprint density at radius 2 is 1.72 bits per heavy atom. The largest absolute Gasteiger partial charge is 0.373 e. The fourth-order valence-corrected chi connectivity index (χ4v) is 2.54. The molecule has 0 unspecified atom stereocenters. The molecule has 0 saturated heterocycles. The van der Waals surface area contributed by atoms with Crippen LogP contribution in [0.15, 0.2) is 35.3 Å². The van der Waals surface area contributed by atoms with Crippen molar-refractivity contribution in [1.82, 2.24) is 15.1 Å². The quantitative estimate of drug-likeness (QED) is 0.547. The first kappa shape index (κ1) is 20.8. The third kappa shape index (κ3) is 7.03. The average molecular weight is 348 g/mol. The van der Waals surface area contributed by atoms with Crippen LogP contribution < -0.4 is 10.2 Å². The molecule has 1 aromatic carbocycles. The topological polar surface area (TPSA) is 51.2 Å². The van der Waals surface area contributed by atoms with Gasteiger partial charge in [0.15, 0.2) is 5.96 Å². The van der Waals surface area contributed by atoms with E-state index in [2.05, 4.69) is 34.4 Å². The van der Waals surface area contributed by atoms with Gasteiger partial charge in [0.1, 0.15) is 0 Å². The van der Waals surface area contributed by atoms with E-state index in [1.807, 2.05) is 55.8 Å². The van der Waals surface area contributed by atoms with Crippen molar-refractivity contribution in [2.24, 2.45) is 4.99 Å². The number of guanidine groups is 1. The zero-order valence-corrected chi connectivity index (χ0v) is 16.3. The summed E-state index contributed by atoms with van der Waals surface area (Å²) in [5, 5.41) is 3.26. The SMILES string of the molecule is CCNC(=NCCN(C)c1ccccc1)N(C)CC(=O)N(CC)CC. The number of benzene rings is 1. The van der Waals surface area contributed by atoms with Gasteiger partial charge in [-0.3, -0.25) is 9.79 Å². The first-order valence-corrected chi connectivity index (χ1v) is 9.06. The minimum atomic E-state index is 0.125. The van der Waals surface area contributed by atoms with Crippen LogP contribution >= 0.6 is 0 Å². The van der Waals surface area contributed by atoms with E-state index in [1.54, 1.807) is 0 Å². The maximum absolute atomic E-state index is 12.3. The van der Waals surface area contributed by atoms with Crippen LogP contribution in [-0.4, -0.2) is 75.0 Å². The summed E-state index contributed by atoms with van der Waals surface area (Å²) in [5.74, 6) is 0.893. The molecule has 1 N–H and O–H groups in total. The minimum Gasteiger partial charge on any atom is -0.373 e. The maximum atomic E-state index is 12.3. The van der Waals surface area contributed by atoms with Crippen molar-refractivity contribution < 1.29 is 4.79 Å². The van der Waals surface area contributed by atoms with Crippen LogP contribution in [0.1, 0.15) is 20.8 Å². The molecule has 0 aromatic heterocycles. The van der Waals surface area contributed by atoms with Crippen LogP contribution in [0.3, 0.4) is 0 Å². The highest BCUT2D eigenvalue weighted by atomic mass is 16.2. The Kier molecular flexibility index (Phi) is 9.43. The van der Waals surface area contributed by atoms with Gasteiger partial charge >= 0.3 is 0 Å². The van der Waals surface area contributed by atoms with Crippen molar-refractivity contribution in [3.05, 3.63) is 30.3 Å². The van der Waals surface area contributed by atoms with Gasteiger partial charge in [0.05, 0.1) is 13.1 Å². The number of hydrogen-bond acceptors (Lipinski definition) is 3. The van der Waals surface area contributed by atoms with Gasteiger partial charge in [0.2, 0.25) is 5.91 Å². The molecule has 1 rings (SSSR count). The Bertz CT molecular complexity index is 528. The average Bonchev–Trinajstić information content (AvgIpc) is 2.62. The highest BCUT2D eigenvalue weighted by Gasteiger charge is 2.14. The van der Waals surface area contributed by atoms with E-state index in [4.69, 9.17) is 0 Å². The number of carbonyl (C=O) groups excluding carboxylic acids is 1. The van der Waals surface area contributed by atoms with E-state index < -0.39 is 0 Å². The fraction of sp³-hybridized carbons (Fsp3) is 0.579. The molecule has 0 spiro atoms. The summed E-state index contributed by atoms with van der Waals surface area (Å²) in [6.07, 6.45) is 0. The molecule has 0 bridgehead atoms. The van der Waals surface area contributed by atoms with Crippen molar-refractivity contribution in [2.75, 3.05) is 58.3 Å². The lowest BCUT2D eigenvalue weighted by Gasteiger charge is -2.26. The number of nitrogens with one attached hydrogen (secondary N) is 1. The summed E-state index contributed by atoms with van der Waals surface area (Å²) in [7, 11) is 3.97. The molecule has 0 atom stereocenters. The molecule has 0 fully saturated rings. The molecule has 0 aliphatic carbocycles. The number of nitrogens with zero attached hydrogens (tertiary/aromatic N) is 4. The zero-order chi connectivity index (χ0) is 18.7. The van der Waals surface area contributed by atoms with E-state index in [1.165, 1.54) is 5.69 Å². The van der Waals surface area contributed by atoms with Gasteiger partial charge in [-0.05, 0) is 32.9 Å². The lowest BCUT2D eigenvalue weighted by molar-refractivity contribution is -0.131. The van der Waals surface area contributed by atoms with E-state index in [0.29, 0.717) is 13.1 Å². The van der Waals surface area contributed by atoms with Crippen LogP contribution in [0.25, 0.3) is 0 Å². The van der Waals surface area contributed by atoms with Gasteiger partial charge in [-0.2, -0.15) is 0 Å². The summed E-state index contributed by atoms with van der Waals surface area (Å²) in [5.41, 5.74) is 1.17. The summed E-state index contributed by atoms with van der Waals surface area (Å²) >= 11 is 0. The van der Waals surface area contributed by atoms with Gasteiger partial charge in [-0.15, -0.1) is 0 Å². The monoisotopic (exact) mass is 347 g/mol. The number of aliphatic imine (C=N–C) groups is 1. The standard InChI is InChI=1S/C19H33N5O/c1-6-20-19(23(5)16-18(25)24(7-2)8-3)21-14-15-22(4)17-12-10-9-11-13-17/h9-13H,6-8,14-16H2,1-5H3,(H,20,21). The van der Waals surface area contributed by atoms with E-state index in [0.717, 1.165) is 32.1 Å². The first-order chi connectivity index (χ1) is 12.0. The van der Waals surface area contributed by atoms with Crippen LogP contribution in [0.2, 0.25) is 0 Å². The predicted molar refractivity (Wildman–Crippen MR) is 106 cm³/mol. The zero-order valence-electron chi connectivity index (χ0n) is 16.3. The fourth-order valence-electron chi connectivity index (χ4n) is 2.54. The van der Waals surface area contributed by atoms with Crippen LogP contribution in [0.5, 0.6) is 0 Å². The molecule has 1 amide bonds. The Balaban J connectivity index is 2.61. The van der Waals surface area contributed by atoms with Gasteiger partial charge < -0.3 is 20.0 Å². The van der Waals surface area contributed by atoms with Crippen molar-refractivity contribution in [1.29, 1.82) is 0 Å². The Morgan fingerprint density at radius 3 is 2.28 bits per heavy atom. The molecule has 0 saturated carbocycles. The summed E-state index contributed by atoms with van der Waals surface area (Å²) in [4.78, 5) is 22.9. The maximum Gasteiger partial charge on any atom is 0.242 e. The molecule has 0 aliphatic rings. The highest BCUT2D eigenvalue weighted by Crippen LogP contribution is 2.10. The molecule has 0 aliphatic heterocycles. The molecule has 6 heteroatoms. The second-order valence-electron chi connectivity index (χ2n) is 5.91. The summed E-state index contributed by atoms with van der Waals surface area (Å²) < 4.78 is 0. The number of likely N-dealkylation sites (N-methyl/N-ethyl adjacent to an activating group) is 3. The van der Waals surface area contributed by atoms with Gasteiger partial charge in [0.25, 0.3) is 0 Å². The lowest BCUT2D eigenvalue weighted by atomic mass is 10.3. The molecular weight excluding hydrogens is 314 g/mol. The number of hydrogen-bond donors (Lipinski definition) is 1. The van der Waals surface area contributed by atoms with Crippen molar-refractivity contribution in [3.63, 3.8) is 0 Å². The second kappa shape index (κ2) is 11.3. The minimum absolute atomic E-state index is 0.125. The summed E-state index contributed by atoms with van der Waals surface area (Å²) in [6, 6.07) is 10.3. The Hall–Kier alpha value is -2.24. The van der Waals surface area contributed by atoms with E-state index in [9.17, 15) is 4.79 Å². The van der Waals surface area contributed by atoms with Gasteiger partial charge in [-0.1, -0.05) is 18.2 Å². The van der Waals surface area contributed by atoms with Gasteiger partial charge in [0, 0.05) is 46.0 Å². The van der Waals surface area contributed by atoms with Crippen molar-refractivity contribution in [2.45, 2.75) is 20.8 Å². The molecular formula is C19H33N5O. The van der Waals surface area contributed by atoms with Crippen LogP contribution in [0.4, 0.5) is 5.69 Å². The van der Waals surface area contributed by atoms with Crippen LogP contribution in [0, 0.1) is 0 Å². The number of carbonyl (C=O) groups is 1.